The summed E-state index contributed by atoms with van der Waals surface area (Å²) in [6.45, 7) is 8.94. The van der Waals surface area contributed by atoms with Crippen LogP contribution in [0.1, 0.15) is 45.7 Å². The zero-order valence-electron chi connectivity index (χ0n) is 10.2. The van der Waals surface area contributed by atoms with Crippen molar-refractivity contribution in [1.29, 1.82) is 0 Å². The lowest BCUT2D eigenvalue weighted by atomic mass is 9.96. The van der Waals surface area contributed by atoms with Crippen LogP contribution in [0.2, 0.25) is 0 Å². The minimum Gasteiger partial charge on any atom is -0.307 e. The lowest BCUT2D eigenvalue weighted by molar-refractivity contribution is 0.365. The third-order valence-electron chi connectivity index (χ3n) is 2.81. The van der Waals surface area contributed by atoms with Gasteiger partial charge < -0.3 is 5.32 Å². The van der Waals surface area contributed by atoms with E-state index in [9.17, 15) is 0 Å². The van der Waals surface area contributed by atoms with Gasteiger partial charge in [-0.15, -0.1) is 0 Å². The summed E-state index contributed by atoms with van der Waals surface area (Å²) in [5.74, 6) is 0.599. The molecule has 0 aliphatic carbocycles. The molecule has 0 spiro atoms. The molecule has 1 aromatic rings. The highest BCUT2D eigenvalue weighted by Crippen LogP contribution is 2.21. The second kappa shape index (κ2) is 5.86. The normalized spacial score (nSPS) is 15.3. The highest BCUT2D eigenvalue weighted by atomic mass is 14.9. The maximum Gasteiger partial charge on any atom is 0.0346 e. The molecule has 1 heterocycles. The molecular weight excluding hydrogens is 184 g/mol. The van der Waals surface area contributed by atoms with Gasteiger partial charge in [-0.25, -0.2) is 0 Å². The van der Waals surface area contributed by atoms with Gasteiger partial charge in [-0.05, 0) is 37.0 Å². The highest BCUT2D eigenvalue weighted by molar-refractivity contribution is 5.15. The van der Waals surface area contributed by atoms with Crippen LogP contribution in [0.4, 0.5) is 0 Å². The summed E-state index contributed by atoms with van der Waals surface area (Å²) in [6, 6.07) is 5.19. The van der Waals surface area contributed by atoms with E-state index in [-0.39, 0.29) is 0 Å². The van der Waals surface area contributed by atoms with Gasteiger partial charge in [0.1, 0.15) is 0 Å². The highest BCUT2D eigenvalue weighted by Gasteiger charge is 2.16. The van der Waals surface area contributed by atoms with Gasteiger partial charge in [0.25, 0.3) is 0 Å². The van der Waals surface area contributed by atoms with Gasteiger partial charge in [0, 0.05) is 24.5 Å². The number of aromatic nitrogens is 1. The average molecular weight is 206 g/mol. The Labute approximate surface area is 93.1 Å². The van der Waals surface area contributed by atoms with Crippen molar-refractivity contribution in [1.82, 2.24) is 10.3 Å². The van der Waals surface area contributed by atoms with E-state index in [1.54, 1.807) is 0 Å². The Bertz CT molecular complexity index is 269. The van der Waals surface area contributed by atoms with E-state index in [0.29, 0.717) is 18.0 Å². The summed E-state index contributed by atoms with van der Waals surface area (Å²) < 4.78 is 0. The number of nitrogens with one attached hydrogen (secondary N) is 1. The Kier molecular flexibility index (Phi) is 4.76. The van der Waals surface area contributed by atoms with Crippen molar-refractivity contribution in [2.45, 2.75) is 46.2 Å². The van der Waals surface area contributed by atoms with E-state index in [0.717, 1.165) is 6.42 Å². The molecule has 0 aliphatic rings. The van der Waals surface area contributed by atoms with E-state index in [1.807, 2.05) is 12.4 Å². The topological polar surface area (TPSA) is 24.9 Å². The fourth-order valence-electron chi connectivity index (χ4n) is 1.67. The van der Waals surface area contributed by atoms with Crippen LogP contribution in [0, 0.1) is 5.92 Å². The molecule has 1 N–H and O–H groups in total. The minimum absolute atomic E-state index is 0.433. The molecule has 2 unspecified atom stereocenters. The van der Waals surface area contributed by atoms with Gasteiger partial charge in [0.2, 0.25) is 0 Å². The Balaban J connectivity index is 2.75. The third kappa shape index (κ3) is 3.63. The minimum atomic E-state index is 0.433. The lowest BCUT2D eigenvalue weighted by Crippen LogP contribution is -2.33. The summed E-state index contributed by atoms with van der Waals surface area (Å²) in [4.78, 5) is 4.06. The first-order chi connectivity index (χ1) is 7.15. The van der Waals surface area contributed by atoms with Crippen molar-refractivity contribution in [3.05, 3.63) is 30.1 Å². The van der Waals surface area contributed by atoms with Gasteiger partial charge in [-0.3, -0.25) is 4.98 Å². The van der Waals surface area contributed by atoms with E-state index in [1.165, 1.54) is 5.56 Å². The lowest BCUT2D eigenvalue weighted by Gasteiger charge is -2.26. The largest absolute Gasteiger partial charge is 0.307 e. The second-order valence-electron chi connectivity index (χ2n) is 4.48. The molecule has 0 aliphatic heterocycles. The van der Waals surface area contributed by atoms with Crippen molar-refractivity contribution < 1.29 is 0 Å². The Hall–Kier alpha value is -0.890. The fraction of sp³-hybridized carbons (Fsp3) is 0.615. The predicted octanol–water partition coefficient (Wildman–Crippen LogP) is 3.17. The van der Waals surface area contributed by atoms with Crippen LogP contribution >= 0.6 is 0 Å². The molecule has 0 bridgehead atoms. The predicted molar refractivity (Wildman–Crippen MR) is 64.7 cm³/mol. The molecule has 1 rings (SSSR count). The quantitative estimate of drug-likeness (QED) is 0.800. The molecule has 84 valence electrons. The van der Waals surface area contributed by atoms with Crippen LogP contribution in [-0.2, 0) is 0 Å². The van der Waals surface area contributed by atoms with Crippen LogP contribution in [0.15, 0.2) is 24.5 Å². The summed E-state index contributed by atoms with van der Waals surface area (Å²) in [5.41, 5.74) is 1.33. The Morgan fingerprint density at radius 3 is 2.27 bits per heavy atom. The molecule has 2 nitrogen and oxygen atoms in total. The summed E-state index contributed by atoms with van der Waals surface area (Å²) in [6.07, 6.45) is 4.89. The molecule has 0 amide bonds. The molecule has 0 radical (unpaired) electrons. The first kappa shape index (κ1) is 12.2. The molecule has 0 saturated heterocycles. The Morgan fingerprint density at radius 2 is 1.80 bits per heavy atom. The van der Waals surface area contributed by atoms with Crippen LogP contribution < -0.4 is 5.32 Å². The monoisotopic (exact) mass is 206 g/mol. The van der Waals surface area contributed by atoms with Gasteiger partial charge in [0.05, 0.1) is 0 Å². The number of hydrogen-bond acceptors (Lipinski definition) is 2. The van der Waals surface area contributed by atoms with Gasteiger partial charge >= 0.3 is 0 Å². The van der Waals surface area contributed by atoms with E-state index in [4.69, 9.17) is 0 Å². The van der Waals surface area contributed by atoms with Crippen molar-refractivity contribution >= 4 is 0 Å². The summed E-state index contributed by atoms with van der Waals surface area (Å²) in [5, 5.41) is 3.65. The van der Waals surface area contributed by atoms with Crippen LogP contribution in [0.25, 0.3) is 0 Å². The number of nitrogens with zero attached hydrogens (tertiary/aromatic N) is 1. The number of pyridine rings is 1. The molecule has 2 atom stereocenters. The smallest absolute Gasteiger partial charge is 0.0346 e. The van der Waals surface area contributed by atoms with Crippen molar-refractivity contribution in [3.63, 3.8) is 0 Å². The molecule has 0 aromatic carbocycles. The molecule has 1 aromatic heterocycles. The van der Waals surface area contributed by atoms with Crippen LogP contribution in [0.5, 0.6) is 0 Å². The van der Waals surface area contributed by atoms with Crippen molar-refractivity contribution in [3.8, 4) is 0 Å². The molecule has 15 heavy (non-hydrogen) atoms. The molecule has 0 saturated carbocycles. The first-order valence-electron chi connectivity index (χ1n) is 5.81. The standard InChI is InChI=1S/C13H22N2/c1-5-11(4)15-13(10(2)3)12-6-8-14-9-7-12/h6-11,13,15H,5H2,1-4H3. The van der Waals surface area contributed by atoms with E-state index in [2.05, 4.69) is 50.1 Å². The molecular formula is C13H22N2. The maximum absolute atomic E-state index is 4.06. The van der Waals surface area contributed by atoms with Crippen LogP contribution in [0.3, 0.4) is 0 Å². The second-order valence-corrected chi connectivity index (χ2v) is 4.48. The van der Waals surface area contributed by atoms with Gasteiger partial charge in [0.15, 0.2) is 0 Å². The zero-order valence-corrected chi connectivity index (χ0v) is 10.2. The number of hydrogen-bond donors (Lipinski definition) is 1. The summed E-state index contributed by atoms with van der Waals surface area (Å²) >= 11 is 0. The zero-order chi connectivity index (χ0) is 11.3. The first-order valence-corrected chi connectivity index (χ1v) is 5.81. The third-order valence-corrected chi connectivity index (χ3v) is 2.81. The Morgan fingerprint density at radius 1 is 1.20 bits per heavy atom. The van der Waals surface area contributed by atoms with Crippen molar-refractivity contribution in [2.24, 2.45) is 5.92 Å². The van der Waals surface area contributed by atoms with Gasteiger partial charge in [-0.2, -0.15) is 0 Å². The van der Waals surface area contributed by atoms with Crippen molar-refractivity contribution in [2.75, 3.05) is 0 Å². The van der Waals surface area contributed by atoms with Gasteiger partial charge in [-0.1, -0.05) is 20.8 Å². The maximum atomic E-state index is 4.06. The molecule has 2 heteroatoms. The van der Waals surface area contributed by atoms with E-state index < -0.39 is 0 Å². The SMILES string of the molecule is CCC(C)NC(c1ccncc1)C(C)C. The molecule has 0 fully saturated rings. The average Bonchev–Trinajstić information content (AvgIpc) is 2.26. The van der Waals surface area contributed by atoms with Crippen LogP contribution in [-0.4, -0.2) is 11.0 Å². The van der Waals surface area contributed by atoms with E-state index >= 15 is 0 Å². The fourth-order valence-corrected chi connectivity index (χ4v) is 1.67. The number of rotatable bonds is 5. The summed E-state index contributed by atoms with van der Waals surface area (Å²) in [7, 11) is 0.